The van der Waals surface area contributed by atoms with Crippen molar-refractivity contribution in [3.05, 3.63) is 65.0 Å². The molecule has 0 bridgehead atoms. The molecule has 0 saturated heterocycles. The monoisotopic (exact) mass is 457 g/mol. The number of hydrogen-bond donors (Lipinski definition) is 1. The van der Waals surface area contributed by atoms with E-state index >= 15 is 0 Å². The normalized spacial score (nSPS) is 28.0. The number of ether oxygens (including phenoxy) is 1. The molecule has 4 unspecified atom stereocenters. The van der Waals surface area contributed by atoms with Gasteiger partial charge in [-0.3, -0.25) is 9.98 Å². The van der Waals surface area contributed by atoms with Gasteiger partial charge in [0.1, 0.15) is 0 Å². The van der Waals surface area contributed by atoms with Crippen LogP contribution in [0.25, 0.3) is 0 Å². The quantitative estimate of drug-likeness (QED) is 0.327. The summed E-state index contributed by atoms with van der Waals surface area (Å²) >= 11 is 0. The van der Waals surface area contributed by atoms with Gasteiger partial charge in [0, 0.05) is 18.5 Å². The second kappa shape index (κ2) is 10.9. The van der Waals surface area contributed by atoms with Crippen LogP contribution >= 0.6 is 0 Å². The average Bonchev–Trinajstić information content (AvgIpc) is 3.35. The molecule has 4 heteroatoms. The van der Waals surface area contributed by atoms with Gasteiger partial charge in [0.25, 0.3) is 0 Å². The van der Waals surface area contributed by atoms with E-state index in [4.69, 9.17) is 15.1 Å². The van der Waals surface area contributed by atoms with Crippen molar-refractivity contribution in [2.75, 3.05) is 6.61 Å². The number of unbranched alkanes of at least 4 members (excludes halogenated alkanes) is 2. The summed E-state index contributed by atoms with van der Waals surface area (Å²) in [5.74, 6) is 1.32. The standard InChI is InChI=1S/C30H39N3O/c1-21(31)27-10-5-8-22(27)7-3-2-4-20-34-26-16-13-23(14-17-26)28-18-15-25-12-11-24-9-6-19-32-29(24)30(25)33-28/h6,9,13-16,19,22,26-28,31H,2-5,7-8,10-12,17-18,20H2,1H3. The summed E-state index contributed by atoms with van der Waals surface area (Å²) in [6.07, 6.45) is 24.2. The lowest BCUT2D eigenvalue weighted by Crippen LogP contribution is -2.25. The van der Waals surface area contributed by atoms with Crippen molar-refractivity contribution >= 4 is 11.4 Å². The molecule has 34 heavy (non-hydrogen) atoms. The Balaban J connectivity index is 1.05. The first-order chi connectivity index (χ1) is 16.7. The van der Waals surface area contributed by atoms with Crippen LogP contribution in [0.4, 0.5) is 0 Å². The first kappa shape index (κ1) is 23.4. The van der Waals surface area contributed by atoms with E-state index in [1.165, 1.54) is 55.2 Å². The minimum atomic E-state index is 0.197. The van der Waals surface area contributed by atoms with Crippen LogP contribution in [0, 0.1) is 17.2 Å². The number of pyridine rings is 1. The van der Waals surface area contributed by atoms with Crippen LogP contribution in [0.2, 0.25) is 0 Å². The smallest absolute Gasteiger partial charge is 0.0916 e. The lowest BCUT2D eigenvalue weighted by atomic mass is 9.85. The predicted molar refractivity (Wildman–Crippen MR) is 140 cm³/mol. The van der Waals surface area contributed by atoms with E-state index in [9.17, 15) is 0 Å². The van der Waals surface area contributed by atoms with Gasteiger partial charge in [-0.1, -0.05) is 49.6 Å². The molecule has 5 rings (SSSR count). The van der Waals surface area contributed by atoms with Crippen LogP contribution in [-0.4, -0.2) is 35.2 Å². The van der Waals surface area contributed by atoms with E-state index in [1.807, 2.05) is 19.2 Å². The van der Waals surface area contributed by atoms with Crippen molar-refractivity contribution in [2.24, 2.45) is 16.8 Å². The molecule has 4 atom stereocenters. The Bertz CT molecular complexity index is 1020. The Labute approximate surface area is 204 Å². The SMILES string of the molecule is CC(=N)C1CCCC1CCCCCOC1C=CC(C2CC=C3CCc4cccnc4C3=N2)=CC1. The van der Waals surface area contributed by atoms with Gasteiger partial charge in [0.05, 0.1) is 23.6 Å². The summed E-state index contributed by atoms with van der Waals surface area (Å²) in [7, 11) is 0. The lowest BCUT2D eigenvalue weighted by Gasteiger charge is -2.27. The largest absolute Gasteiger partial charge is 0.374 e. The van der Waals surface area contributed by atoms with Crippen molar-refractivity contribution in [2.45, 2.75) is 89.7 Å². The molecule has 4 aliphatic rings. The highest BCUT2D eigenvalue weighted by atomic mass is 16.5. The second-order valence-corrected chi connectivity index (χ2v) is 10.5. The van der Waals surface area contributed by atoms with Gasteiger partial charge in [0.15, 0.2) is 0 Å². The number of nitrogens with zero attached hydrogens (tertiary/aromatic N) is 2. The summed E-state index contributed by atoms with van der Waals surface area (Å²) in [4.78, 5) is 9.80. The van der Waals surface area contributed by atoms with Crippen LogP contribution in [0.5, 0.6) is 0 Å². The van der Waals surface area contributed by atoms with Gasteiger partial charge >= 0.3 is 0 Å². The molecule has 2 heterocycles. The van der Waals surface area contributed by atoms with Gasteiger partial charge in [-0.2, -0.15) is 0 Å². The summed E-state index contributed by atoms with van der Waals surface area (Å²) in [5.41, 5.74) is 7.12. The molecule has 1 N–H and O–H groups in total. The van der Waals surface area contributed by atoms with Crippen LogP contribution < -0.4 is 0 Å². The van der Waals surface area contributed by atoms with Crippen molar-refractivity contribution < 1.29 is 4.74 Å². The van der Waals surface area contributed by atoms with Gasteiger partial charge in [-0.05, 0) is 92.9 Å². The van der Waals surface area contributed by atoms with E-state index in [1.54, 1.807) is 0 Å². The molecule has 3 aliphatic carbocycles. The summed E-state index contributed by atoms with van der Waals surface area (Å²) in [5, 5.41) is 7.99. The molecule has 1 aromatic heterocycles. The number of rotatable bonds is 9. The van der Waals surface area contributed by atoms with Gasteiger partial charge in [-0.25, -0.2) is 0 Å². The molecule has 0 spiro atoms. The molecule has 1 fully saturated rings. The minimum absolute atomic E-state index is 0.197. The van der Waals surface area contributed by atoms with Gasteiger partial charge in [-0.15, -0.1) is 0 Å². The lowest BCUT2D eigenvalue weighted by molar-refractivity contribution is 0.0825. The maximum Gasteiger partial charge on any atom is 0.0916 e. The number of aromatic nitrogens is 1. The van der Waals surface area contributed by atoms with Crippen LogP contribution in [-0.2, 0) is 11.2 Å². The number of aliphatic imine (C=N–C) groups is 1. The summed E-state index contributed by atoms with van der Waals surface area (Å²) < 4.78 is 6.16. The van der Waals surface area contributed by atoms with Crippen LogP contribution in [0.15, 0.2) is 58.8 Å². The van der Waals surface area contributed by atoms with E-state index < -0.39 is 0 Å². The van der Waals surface area contributed by atoms with Gasteiger partial charge in [0.2, 0.25) is 0 Å². The van der Waals surface area contributed by atoms with Crippen molar-refractivity contribution in [3.8, 4) is 0 Å². The van der Waals surface area contributed by atoms with Crippen LogP contribution in [0.3, 0.4) is 0 Å². The highest BCUT2D eigenvalue weighted by molar-refractivity contribution is 6.13. The van der Waals surface area contributed by atoms with E-state index in [-0.39, 0.29) is 12.1 Å². The zero-order valence-electron chi connectivity index (χ0n) is 20.6. The van der Waals surface area contributed by atoms with Crippen molar-refractivity contribution in [3.63, 3.8) is 0 Å². The maximum atomic E-state index is 7.99. The molecule has 1 saturated carbocycles. The fourth-order valence-corrected chi connectivity index (χ4v) is 6.27. The number of fused-ring (bicyclic) bond motifs is 3. The molecule has 0 amide bonds. The Hall–Kier alpha value is -2.33. The highest BCUT2D eigenvalue weighted by Gasteiger charge is 2.28. The third-order valence-electron chi connectivity index (χ3n) is 8.20. The number of aryl methyl sites for hydroxylation is 1. The molecular weight excluding hydrogens is 418 g/mol. The molecule has 1 aromatic rings. The number of hydrogen-bond acceptors (Lipinski definition) is 4. The molecule has 180 valence electrons. The van der Waals surface area contributed by atoms with Crippen molar-refractivity contribution in [1.29, 1.82) is 5.41 Å². The molecule has 0 radical (unpaired) electrons. The highest BCUT2D eigenvalue weighted by Crippen LogP contribution is 2.36. The Morgan fingerprint density at radius 1 is 1.12 bits per heavy atom. The molecule has 1 aliphatic heterocycles. The number of allylic oxidation sites excluding steroid dienone is 1. The first-order valence-electron chi connectivity index (χ1n) is 13.5. The average molecular weight is 458 g/mol. The zero-order chi connectivity index (χ0) is 23.3. The second-order valence-electron chi connectivity index (χ2n) is 10.5. The molecule has 0 aromatic carbocycles. The van der Waals surface area contributed by atoms with E-state index in [0.717, 1.165) is 61.7 Å². The first-order valence-corrected chi connectivity index (χ1v) is 13.5. The van der Waals surface area contributed by atoms with Gasteiger partial charge < -0.3 is 10.1 Å². The summed E-state index contributed by atoms with van der Waals surface area (Å²) in [6.45, 7) is 2.84. The third-order valence-corrected chi connectivity index (χ3v) is 8.20. The third kappa shape index (κ3) is 5.33. The topological polar surface area (TPSA) is 58.3 Å². The fourth-order valence-electron chi connectivity index (χ4n) is 6.27. The maximum absolute atomic E-state index is 7.99. The summed E-state index contributed by atoms with van der Waals surface area (Å²) in [6, 6.07) is 4.42. The predicted octanol–water partition coefficient (Wildman–Crippen LogP) is 6.80. The Morgan fingerprint density at radius 2 is 2.06 bits per heavy atom. The fraction of sp³-hybridized carbons (Fsp3) is 0.567. The zero-order valence-corrected chi connectivity index (χ0v) is 20.6. The van der Waals surface area contributed by atoms with E-state index in [2.05, 4.69) is 35.4 Å². The molecule has 4 nitrogen and oxygen atoms in total. The Kier molecular flexibility index (Phi) is 7.54. The van der Waals surface area contributed by atoms with Crippen LogP contribution in [0.1, 0.15) is 82.4 Å². The van der Waals surface area contributed by atoms with E-state index in [0.29, 0.717) is 5.92 Å². The van der Waals surface area contributed by atoms with Crippen molar-refractivity contribution in [1.82, 2.24) is 4.98 Å². The molecular formula is C30H39N3O. The number of nitrogens with one attached hydrogen (secondary N) is 1. The minimum Gasteiger partial charge on any atom is -0.374 e. The Morgan fingerprint density at radius 3 is 2.91 bits per heavy atom. The number of dihydropyridines is 1.